The minimum Gasteiger partial charge on any atom is -1.00 e. The molecule has 0 radical (unpaired) electrons. The van der Waals surface area contributed by atoms with Gasteiger partial charge in [0.05, 0.1) is 12.6 Å². The summed E-state index contributed by atoms with van der Waals surface area (Å²) in [5.41, 5.74) is 7.56. The molecule has 2 unspecified atom stereocenters. The monoisotopic (exact) mass is 601 g/mol. The lowest BCUT2D eigenvalue weighted by molar-refractivity contribution is -0.519. The Kier molecular flexibility index (Phi) is 10.8. The molecule has 1 heterocycles. The molecule has 4 nitrogen and oxygen atoms in total. The molecule has 2 aromatic rings. The van der Waals surface area contributed by atoms with E-state index in [9.17, 15) is 4.79 Å². The van der Waals surface area contributed by atoms with Crippen LogP contribution >= 0.6 is 0 Å². The number of nitrogens with zero attached hydrogens (tertiary/aromatic N) is 2. The third-order valence-electron chi connectivity index (χ3n) is 8.57. The molecule has 2 atom stereocenters. The van der Waals surface area contributed by atoms with Gasteiger partial charge >= 0.3 is 0 Å². The van der Waals surface area contributed by atoms with E-state index >= 15 is 0 Å². The van der Waals surface area contributed by atoms with Crippen LogP contribution in [0.5, 0.6) is 0 Å². The number of benzene rings is 2. The summed E-state index contributed by atoms with van der Waals surface area (Å²) in [5, 5.41) is 0. The summed E-state index contributed by atoms with van der Waals surface area (Å²) in [5.74, 6) is 1.39. The van der Waals surface area contributed by atoms with Gasteiger partial charge in [0, 0.05) is 6.92 Å². The summed E-state index contributed by atoms with van der Waals surface area (Å²) in [6.45, 7) is 7.97. The van der Waals surface area contributed by atoms with Crippen molar-refractivity contribution in [3.05, 3.63) is 71.8 Å². The summed E-state index contributed by atoms with van der Waals surface area (Å²) >= 11 is 0. The number of hydrogen-bond donors (Lipinski definition) is 1. The number of amides is 1. The first-order valence-electron chi connectivity index (χ1n) is 13.8. The molecule has 1 aliphatic heterocycles. The van der Waals surface area contributed by atoms with E-state index in [1.165, 1.54) is 50.9 Å². The number of unbranched alkanes of at least 4 members (excludes halogenated alkanes) is 5. The predicted molar refractivity (Wildman–Crippen MR) is 145 cm³/mol. The maximum absolute atomic E-state index is 13.4. The van der Waals surface area contributed by atoms with E-state index in [1.54, 1.807) is 0 Å². The Hall–Kier alpha value is -1.89. The van der Waals surface area contributed by atoms with Crippen molar-refractivity contribution < 1.29 is 33.3 Å². The first-order chi connectivity index (χ1) is 17.1. The molecule has 36 heavy (non-hydrogen) atoms. The first-order valence-corrected chi connectivity index (χ1v) is 13.8. The Morgan fingerprint density at radius 1 is 0.944 bits per heavy atom. The smallest absolute Gasteiger partial charge is 0.244 e. The Morgan fingerprint density at radius 3 is 2.11 bits per heavy atom. The molecule has 1 saturated carbocycles. The Labute approximate surface area is 235 Å². The van der Waals surface area contributed by atoms with Gasteiger partial charge in [-0.3, -0.25) is 14.3 Å². The second-order valence-corrected chi connectivity index (χ2v) is 10.6. The number of carbonyl (C=O) groups is 1. The lowest BCUT2D eigenvalue weighted by Crippen LogP contribution is -3.00. The van der Waals surface area contributed by atoms with Crippen molar-refractivity contribution in [1.29, 1.82) is 0 Å². The lowest BCUT2D eigenvalue weighted by Gasteiger charge is -2.37. The van der Waals surface area contributed by atoms with Crippen LogP contribution in [0.2, 0.25) is 0 Å². The Balaban J connectivity index is 0.00000361. The van der Waals surface area contributed by atoms with E-state index in [1.807, 2.05) is 36.4 Å². The fourth-order valence-electron chi connectivity index (χ4n) is 6.70. The number of rotatable bonds is 12. The number of hydrogen-bond acceptors (Lipinski definition) is 2. The summed E-state index contributed by atoms with van der Waals surface area (Å²) < 4.78 is 2.59. The van der Waals surface area contributed by atoms with Crippen molar-refractivity contribution in [2.45, 2.75) is 83.1 Å². The van der Waals surface area contributed by atoms with E-state index in [4.69, 9.17) is 5.73 Å². The van der Waals surface area contributed by atoms with Gasteiger partial charge < -0.3 is 29.7 Å². The highest BCUT2D eigenvalue weighted by Crippen LogP contribution is 2.48. The van der Waals surface area contributed by atoms with Crippen LogP contribution in [0, 0.1) is 5.92 Å². The minimum absolute atomic E-state index is 0. The molecule has 2 aromatic carbocycles. The van der Waals surface area contributed by atoms with E-state index in [0.29, 0.717) is 6.04 Å². The van der Waals surface area contributed by atoms with Crippen molar-refractivity contribution in [3.8, 4) is 0 Å². The van der Waals surface area contributed by atoms with Gasteiger partial charge in [0.1, 0.15) is 18.5 Å². The van der Waals surface area contributed by atoms with E-state index in [-0.39, 0.29) is 35.8 Å². The van der Waals surface area contributed by atoms with E-state index in [0.717, 1.165) is 43.5 Å². The van der Waals surface area contributed by atoms with Gasteiger partial charge in [-0.25, -0.2) is 0 Å². The summed E-state index contributed by atoms with van der Waals surface area (Å²) in [4.78, 5) is 16.0. The quantitative estimate of drug-likeness (QED) is 0.231. The topological polar surface area (TPSA) is 49.3 Å². The van der Waals surface area contributed by atoms with Crippen LogP contribution in [0.4, 0.5) is 0 Å². The van der Waals surface area contributed by atoms with Crippen LogP contribution in [0.1, 0.15) is 82.8 Å². The van der Waals surface area contributed by atoms with Gasteiger partial charge in [0.15, 0.2) is 0 Å². The number of halogens is 1. The highest BCUT2D eigenvalue weighted by molar-refractivity contribution is 5.91. The summed E-state index contributed by atoms with van der Waals surface area (Å²) in [6.07, 6.45) is 11.2. The molecule has 0 spiro atoms. The van der Waals surface area contributed by atoms with Crippen molar-refractivity contribution in [2.75, 3.05) is 19.6 Å². The van der Waals surface area contributed by atoms with Crippen molar-refractivity contribution in [2.24, 2.45) is 11.7 Å². The first kappa shape index (κ1) is 28.7. The van der Waals surface area contributed by atoms with Gasteiger partial charge in [-0.05, 0) is 49.1 Å². The molecule has 0 bridgehead atoms. The molecular weight excluding hydrogens is 557 g/mol. The molecule has 0 aromatic heterocycles. The zero-order valence-electron chi connectivity index (χ0n) is 22.2. The van der Waals surface area contributed by atoms with Crippen molar-refractivity contribution in [1.82, 2.24) is 4.90 Å². The fourth-order valence-corrected chi connectivity index (χ4v) is 6.70. The minimum atomic E-state index is -0.789. The Morgan fingerprint density at radius 2 is 1.53 bits per heavy atom. The number of carbonyl (C=O) groups excluding carboxylic acids is 1. The van der Waals surface area contributed by atoms with Gasteiger partial charge in [-0.2, -0.15) is 0 Å². The Bertz CT molecular complexity index is 952. The SMILES string of the molecule is CCCCCCCC[N+]1=C(C)N(C2CCC(C(C(N)=O)(c3ccccc3)c3ccccc3)C2)CC1.[I-]. The molecule has 0 saturated heterocycles. The molecule has 1 aliphatic carbocycles. The molecule has 1 fully saturated rings. The molecule has 5 heteroatoms. The van der Waals surface area contributed by atoms with E-state index in [2.05, 4.69) is 47.6 Å². The third kappa shape index (κ3) is 5.98. The van der Waals surface area contributed by atoms with Gasteiger partial charge in [-0.1, -0.05) is 93.3 Å². The van der Waals surface area contributed by atoms with Gasteiger partial charge in [0.2, 0.25) is 11.7 Å². The molecule has 4 rings (SSSR count). The number of primary amides is 1. The van der Waals surface area contributed by atoms with Crippen LogP contribution in [0.3, 0.4) is 0 Å². The zero-order valence-corrected chi connectivity index (χ0v) is 24.3. The second-order valence-electron chi connectivity index (χ2n) is 10.6. The largest absolute Gasteiger partial charge is 1.00 e. The average molecular weight is 602 g/mol. The molecule has 2 N–H and O–H groups in total. The van der Waals surface area contributed by atoms with Crippen LogP contribution in [0.25, 0.3) is 0 Å². The molecule has 1 amide bonds. The number of nitrogens with two attached hydrogens (primary N) is 1. The van der Waals surface area contributed by atoms with Gasteiger partial charge in [0.25, 0.3) is 0 Å². The second kappa shape index (κ2) is 13.6. The van der Waals surface area contributed by atoms with Crippen LogP contribution in [-0.2, 0) is 10.2 Å². The van der Waals surface area contributed by atoms with Crippen molar-refractivity contribution >= 4 is 11.7 Å². The molecule has 196 valence electrons. The van der Waals surface area contributed by atoms with Crippen LogP contribution < -0.4 is 29.7 Å². The normalized spacial score (nSPS) is 20.0. The average Bonchev–Trinajstić information content (AvgIpc) is 3.50. The third-order valence-corrected chi connectivity index (χ3v) is 8.57. The predicted octanol–water partition coefficient (Wildman–Crippen LogP) is 2.74. The van der Waals surface area contributed by atoms with Crippen molar-refractivity contribution in [3.63, 3.8) is 0 Å². The van der Waals surface area contributed by atoms with Crippen LogP contribution in [-0.4, -0.2) is 46.9 Å². The highest BCUT2D eigenvalue weighted by Gasteiger charge is 2.52. The highest BCUT2D eigenvalue weighted by atomic mass is 127. The maximum atomic E-state index is 13.4. The molecular formula is C31H44IN3O. The van der Waals surface area contributed by atoms with E-state index < -0.39 is 5.41 Å². The number of amidine groups is 1. The summed E-state index contributed by atoms with van der Waals surface area (Å²) in [6, 6.07) is 20.9. The molecule has 2 aliphatic rings. The lowest BCUT2D eigenvalue weighted by atomic mass is 9.64. The van der Waals surface area contributed by atoms with Gasteiger partial charge in [-0.15, -0.1) is 0 Å². The fraction of sp³-hybridized carbons (Fsp3) is 0.548. The standard InChI is InChI=1S/C31H43N3O.HI/c1-3-4-5-6-7-14-21-33-22-23-34(25(33)2)29-20-19-28(24-29)31(30(32)35,26-15-10-8-11-16-26)27-17-12-9-13-18-27;/h8-13,15-18,28-29H,3-7,14,19-24H2,1-2H3,(H-,32,35);1H. The zero-order chi connectivity index (χ0) is 24.7. The van der Waals surface area contributed by atoms with Crippen LogP contribution in [0.15, 0.2) is 60.7 Å². The summed E-state index contributed by atoms with van der Waals surface area (Å²) in [7, 11) is 0. The maximum Gasteiger partial charge on any atom is 0.244 e.